The van der Waals surface area contributed by atoms with Gasteiger partial charge in [0.15, 0.2) is 0 Å². The molecule has 2 amide bonds. The Balaban J connectivity index is 1.69. The number of hydrogen-bond donors (Lipinski definition) is 2. The molecule has 1 aromatic heterocycles. The van der Waals surface area contributed by atoms with Crippen LogP contribution >= 0.6 is 11.3 Å². The summed E-state index contributed by atoms with van der Waals surface area (Å²) in [6.45, 7) is 2.05. The minimum atomic E-state index is -0.164. The van der Waals surface area contributed by atoms with Gasteiger partial charge in [-0.2, -0.15) is 0 Å². The number of benzene rings is 1. The van der Waals surface area contributed by atoms with Crippen molar-refractivity contribution in [1.82, 2.24) is 9.88 Å². The second-order valence-corrected chi connectivity index (χ2v) is 5.92. The lowest BCUT2D eigenvalue weighted by atomic mass is 10.2. The molecule has 1 aliphatic heterocycles. The van der Waals surface area contributed by atoms with Crippen molar-refractivity contribution in [1.29, 1.82) is 0 Å². The number of rotatable bonds is 2. The predicted molar refractivity (Wildman–Crippen MR) is 81.6 cm³/mol. The lowest BCUT2D eigenvalue weighted by Crippen LogP contribution is -2.39. The zero-order valence-corrected chi connectivity index (χ0v) is 12.3. The van der Waals surface area contributed by atoms with Crippen LogP contribution in [0.1, 0.15) is 0 Å². The molecule has 1 saturated heterocycles. The number of carbonyl (C=O) groups excluding carboxylic acids is 1. The van der Waals surface area contributed by atoms with Gasteiger partial charge >= 0.3 is 6.03 Å². The Morgan fingerprint density at radius 2 is 2.48 bits per heavy atom. The molecule has 1 fully saturated rings. The number of urea groups is 1. The molecule has 6 nitrogen and oxygen atoms in total. The fraction of sp³-hybridized carbons (Fsp3) is 0.429. The minimum absolute atomic E-state index is 0.0244. The van der Waals surface area contributed by atoms with E-state index in [1.165, 1.54) is 0 Å². The molecule has 1 aliphatic rings. The number of aromatic nitrogens is 1. The molecule has 2 heterocycles. The Morgan fingerprint density at radius 3 is 3.33 bits per heavy atom. The normalized spacial score (nSPS) is 19.5. The van der Waals surface area contributed by atoms with E-state index >= 15 is 0 Å². The molecule has 0 bridgehead atoms. The molecule has 112 valence electrons. The third-order valence-electron chi connectivity index (χ3n) is 3.47. The summed E-state index contributed by atoms with van der Waals surface area (Å²) in [6, 6.07) is 5.49. The molecule has 2 N–H and O–H groups in total. The van der Waals surface area contributed by atoms with Crippen LogP contribution in [-0.4, -0.2) is 53.9 Å². The van der Waals surface area contributed by atoms with Crippen LogP contribution in [0.25, 0.3) is 10.2 Å². The quantitative estimate of drug-likeness (QED) is 0.886. The molecule has 0 spiro atoms. The first-order chi connectivity index (χ1) is 10.3. The van der Waals surface area contributed by atoms with Crippen LogP contribution in [0.15, 0.2) is 23.7 Å². The molecule has 21 heavy (non-hydrogen) atoms. The Morgan fingerprint density at radius 1 is 1.57 bits per heavy atom. The van der Waals surface area contributed by atoms with Gasteiger partial charge in [-0.3, -0.25) is 0 Å². The van der Waals surface area contributed by atoms with E-state index in [-0.39, 0.29) is 18.6 Å². The fourth-order valence-electron chi connectivity index (χ4n) is 2.31. The smallest absolute Gasteiger partial charge is 0.321 e. The maximum atomic E-state index is 12.3. The van der Waals surface area contributed by atoms with Gasteiger partial charge < -0.3 is 20.1 Å². The van der Waals surface area contributed by atoms with Gasteiger partial charge in [-0.15, -0.1) is 11.3 Å². The average Bonchev–Trinajstić information content (AvgIpc) is 2.82. The standard InChI is InChI=1S/C14H17N3O3S/c18-7-10-6-17(3-4-20-8-10)14(19)16-11-1-2-12-13(5-11)21-9-15-12/h1-2,5,9-10,18H,3-4,6-8H2,(H,16,19). The highest BCUT2D eigenvalue weighted by Crippen LogP contribution is 2.22. The highest BCUT2D eigenvalue weighted by atomic mass is 32.1. The van der Waals surface area contributed by atoms with Crippen LogP contribution in [0.2, 0.25) is 0 Å². The maximum absolute atomic E-state index is 12.3. The number of nitrogens with one attached hydrogen (secondary N) is 1. The van der Waals surface area contributed by atoms with E-state index in [1.807, 2.05) is 18.2 Å². The van der Waals surface area contributed by atoms with Crippen molar-refractivity contribution in [3.8, 4) is 0 Å². The summed E-state index contributed by atoms with van der Waals surface area (Å²) >= 11 is 1.54. The van der Waals surface area contributed by atoms with E-state index in [2.05, 4.69) is 10.3 Å². The summed E-state index contributed by atoms with van der Waals surface area (Å²) < 4.78 is 6.43. The van der Waals surface area contributed by atoms with Crippen LogP contribution in [0, 0.1) is 5.92 Å². The highest BCUT2D eigenvalue weighted by molar-refractivity contribution is 7.16. The van der Waals surface area contributed by atoms with Gasteiger partial charge in [-0.05, 0) is 18.2 Å². The summed E-state index contributed by atoms with van der Waals surface area (Å²) in [4.78, 5) is 18.2. The van der Waals surface area contributed by atoms with Gasteiger partial charge in [0.1, 0.15) is 0 Å². The first kappa shape index (κ1) is 14.2. The van der Waals surface area contributed by atoms with Gasteiger partial charge in [0.2, 0.25) is 0 Å². The summed E-state index contributed by atoms with van der Waals surface area (Å²) in [5, 5.41) is 12.2. The van der Waals surface area contributed by atoms with Gasteiger partial charge in [-0.25, -0.2) is 9.78 Å². The van der Waals surface area contributed by atoms with E-state index in [4.69, 9.17) is 4.74 Å². The van der Waals surface area contributed by atoms with Crippen molar-refractivity contribution in [2.45, 2.75) is 0 Å². The number of ether oxygens (including phenoxy) is 1. The Labute approximate surface area is 126 Å². The van der Waals surface area contributed by atoms with Crippen molar-refractivity contribution in [3.63, 3.8) is 0 Å². The summed E-state index contributed by atoms with van der Waals surface area (Å²) in [7, 11) is 0. The van der Waals surface area contributed by atoms with Gasteiger partial charge in [0, 0.05) is 31.3 Å². The van der Waals surface area contributed by atoms with E-state index in [0.29, 0.717) is 26.3 Å². The lowest BCUT2D eigenvalue weighted by molar-refractivity contribution is 0.0958. The second-order valence-electron chi connectivity index (χ2n) is 5.03. The van der Waals surface area contributed by atoms with Crippen LogP contribution < -0.4 is 5.32 Å². The van der Waals surface area contributed by atoms with Crippen molar-refractivity contribution in [3.05, 3.63) is 23.7 Å². The van der Waals surface area contributed by atoms with Crippen LogP contribution in [0.3, 0.4) is 0 Å². The van der Waals surface area contributed by atoms with Crippen molar-refractivity contribution in [2.24, 2.45) is 5.92 Å². The number of nitrogens with zero attached hydrogens (tertiary/aromatic N) is 2. The first-order valence-corrected chi connectivity index (χ1v) is 7.72. The third kappa shape index (κ3) is 3.31. The summed E-state index contributed by atoms with van der Waals surface area (Å²) in [5.41, 5.74) is 3.47. The molecule has 1 aromatic carbocycles. The van der Waals surface area contributed by atoms with Crippen molar-refractivity contribution in [2.75, 3.05) is 38.2 Å². The molecule has 0 aliphatic carbocycles. The highest BCUT2D eigenvalue weighted by Gasteiger charge is 2.22. The Bertz CT molecular complexity index is 631. The monoisotopic (exact) mass is 307 g/mol. The largest absolute Gasteiger partial charge is 0.396 e. The Hall–Kier alpha value is -1.70. The first-order valence-electron chi connectivity index (χ1n) is 6.84. The molecule has 0 saturated carbocycles. The maximum Gasteiger partial charge on any atom is 0.321 e. The van der Waals surface area contributed by atoms with E-state index in [0.717, 1.165) is 15.9 Å². The zero-order valence-electron chi connectivity index (χ0n) is 11.5. The number of carbonyl (C=O) groups is 1. The number of fused-ring (bicyclic) bond motifs is 1. The molecule has 1 atom stereocenters. The summed E-state index contributed by atoms with van der Waals surface area (Å²) in [5.74, 6) is -0.0257. The molecule has 0 radical (unpaired) electrons. The third-order valence-corrected chi connectivity index (χ3v) is 4.26. The fourth-order valence-corrected chi connectivity index (χ4v) is 3.03. The zero-order chi connectivity index (χ0) is 14.7. The minimum Gasteiger partial charge on any atom is -0.396 e. The number of hydrogen-bond acceptors (Lipinski definition) is 5. The van der Waals surface area contributed by atoms with Gasteiger partial charge in [0.05, 0.1) is 28.9 Å². The molecule has 2 aromatic rings. The van der Waals surface area contributed by atoms with Crippen molar-refractivity contribution < 1.29 is 14.6 Å². The predicted octanol–water partition coefficient (Wildman–Crippen LogP) is 1.77. The molecule has 3 rings (SSSR count). The van der Waals surface area contributed by atoms with E-state index in [9.17, 15) is 9.90 Å². The van der Waals surface area contributed by atoms with Crippen LogP contribution in [0.5, 0.6) is 0 Å². The number of aliphatic hydroxyl groups is 1. The molecule has 1 unspecified atom stereocenters. The number of aliphatic hydroxyl groups excluding tert-OH is 1. The Kier molecular flexibility index (Phi) is 4.33. The summed E-state index contributed by atoms with van der Waals surface area (Å²) in [6.07, 6.45) is 0. The van der Waals surface area contributed by atoms with Crippen LogP contribution in [-0.2, 0) is 4.74 Å². The van der Waals surface area contributed by atoms with E-state index < -0.39 is 0 Å². The van der Waals surface area contributed by atoms with E-state index in [1.54, 1.807) is 21.7 Å². The second kappa shape index (κ2) is 6.38. The topological polar surface area (TPSA) is 74.7 Å². The van der Waals surface area contributed by atoms with Gasteiger partial charge in [0.25, 0.3) is 0 Å². The van der Waals surface area contributed by atoms with Crippen molar-refractivity contribution >= 4 is 33.3 Å². The molecular formula is C14H17N3O3S. The number of thiazole rings is 1. The lowest BCUT2D eigenvalue weighted by Gasteiger charge is -2.23. The molecular weight excluding hydrogens is 290 g/mol. The number of anilines is 1. The van der Waals surface area contributed by atoms with Crippen LogP contribution in [0.4, 0.5) is 10.5 Å². The number of amides is 2. The molecule has 7 heteroatoms. The van der Waals surface area contributed by atoms with Gasteiger partial charge in [-0.1, -0.05) is 0 Å². The average molecular weight is 307 g/mol. The SMILES string of the molecule is O=C(Nc1ccc2ncsc2c1)N1CCOCC(CO)C1.